The maximum atomic E-state index is 12.8. The highest BCUT2D eigenvalue weighted by Gasteiger charge is 2.43. The van der Waals surface area contributed by atoms with Crippen molar-refractivity contribution in [3.05, 3.63) is 18.5 Å². The lowest BCUT2D eigenvalue weighted by molar-refractivity contribution is -0.142. The average molecular weight is 303 g/mol. The van der Waals surface area contributed by atoms with Crippen LogP contribution in [0, 0.1) is 0 Å². The summed E-state index contributed by atoms with van der Waals surface area (Å²) in [5, 5.41) is 7.61. The van der Waals surface area contributed by atoms with Gasteiger partial charge in [-0.1, -0.05) is 0 Å². The van der Waals surface area contributed by atoms with E-state index in [0.29, 0.717) is 13.2 Å². The maximum Gasteiger partial charge on any atom is 0.250 e. The van der Waals surface area contributed by atoms with Crippen LogP contribution < -0.4 is 5.32 Å². The fourth-order valence-corrected chi connectivity index (χ4v) is 2.59. The first-order chi connectivity index (χ1) is 9.20. The minimum absolute atomic E-state index is 0. The highest BCUT2D eigenvalue weighted by molar-refractivity contribution is 5.85. The molecule has 1 aromatic rings. The van der Waals surface area contributed by atoms with Gasteiger partial charge < -0.3 is 15.0 Å². The third-order valence-corrected chi connectivity index (χ3v) is 3.75. The van der Waals surface area contributed by atoms with Crippen LogP contribution in [0.2, 0.25) is 0 Å². The summed E-state index contributed by atoms with van der Waals surface area (Å²) in [5.41, 5.74) is -0.544. The molecule has 0 spiro atoms. The van der Waals surface area contributed by atoms with Crippen molar-refractivity contribution in [2.75, 3.05) is 40.4 Å². The molecule has 20 heavy (non-hydrogen) atoms. The zero-order valence-corrected chi connectivity index (χ0v) is 12.9. The highest BCUT2D eigenvalue weighted by atomic mass is 35.5. The lowest BCUT2D eigenvalue weighted by Gasteiger charge is -2.39. The van der Waals surface area contributed by atoms with Crippen LogP contribution in [-0.4, -0.2) is 61.0 Å². The Kier molecular flexibility index (Phi) is 6.45. The van der Waals surface area contributed by atoms with Gasteiger partial charge in [-0.2, -0.15) is 5.10 Å². The summed E-state index contributed by atoms with van der Waals surface area (Å²) in [4.78, 5) is 14.6. The van der Waals surface area contributed by atoms with Crippen LogP contribution in [-0.2, 0) is 15.1 Å². The van der Waals surface area contributed by atoms with Gasteiger partial charge in [-0.05, 0) is 32.0 Å². The Hall–Kier alpha value is -1.11. The van der Waals surface area contributed by atoms with Gasteiger partial charge in [0, 0.05) is 33.1 Å². The van der Waals surface area contributed by atoms with Gasteiger partial charge in [-0.3, -0.25) is 9.48 Å². The number of carbonyl (C=O) groups is 1. The lowest BCUT2D eigenvalue weighted by atomic mass is 9.87. The van der Waals surface area contributed by atoms with Gasteiger partial charge in [-0.25, -0.2) is 0 Å². The predicted molar refractivity (Wildman–Crippen MR) is 79.1 cm³/mol. The average Bonchev–Trinajstić information content (AvgIpc) is 2.99. The number of nitrogens with zero attached hydrogens (tertiary/aromatic N) is 3. The Bertz CT molecular complexity index is 405. The molecule has 2 heterocycles. The first kappa shape index (κ1) is 16.9. The molecule has 1 aromatic heterocycles. The number of rotatable bonds is 5. The molecule has 1 N–H and O–H groups in total. The van der Waals surface area contributed by atoms with Crippen LogP contribution in [0.4, 0.5) is 0 Å². The van der Waals surface area contributed by atoms with E-state index in [-0.39, 0.29) is 18.3 Å². The normalized spacial score (nSPS) is 17.3. The second-order valence-electron chi connectivity index (χ2n) is 4.95. The molecule has 0 aromatic carbocycles. The Balaban J connectivity index is 0.00000200. The van der Waals surface area contributed by atoms with Crippen LogP contribution in [0.5, 0.6) is 0 Å². The molecule has 0 aliphatic carbocycles. The van der Waals surface area contributed by atoms with E-state index in [0.717, 1.165) is 25.9 Å². The fraction of sp³-hybridized carbons (Fsp3) is 0.692. The number of aromatic nitrogens is 2. The van der Waals surface area contributed by atoms with Crippen LogP contribution in [0.15, 0.2) is 18.5 Å². The van der Waals surface area contributed by atoms with Gasteiger partial charge in [-0.15, -0.1) is 12.4 Å². The Morgan fingerprint density at radius 1 is 1.50 bits per heavy atom. The second-order valence-corrected chi connectivity index (χ2v) is 4.95. The summed E-state index contributed by atoms with van der Waals surface area (Å²) in [6, 6.07) is 1.87. The molecule has 0 saturated carbocycles. The quantitative estimate of drug-likeness (QED) is 0.860. The van der Waals surface area contributed by atoms with Crippen molar-refractivity contribution < 1.29 is 9.53 Å². The third kappa shape index (κ3) is 3.31. The van der Waals surface area contributed by atoms with E-state index in [1.165, 1.54) is 0 Å². The zero-order chi connectivity index (χ0) is 13.7. The minimum atomic E-state index is -0.544. The van der Waals surface area contributed by atoms with Crippen molar-refractivity contribution >= 4 is 18.3 Å². The molecule has 1 aliphatic rings. The SMILES string of the molecule is COCCN(C)C(=O)C1(n2cccn2)CCNCC1.Cl. The van der Waals surface area contributed by atoms with Gasteiger partial charge in [0.05, 0.1) is 6.61 Å². The van der Waals surface area contributed by atoms with Gasteiger partial charge in [0.2, 0.25) is 5.91 Å². The van der Waals surface area contributed by atoms with Gasteiger partial charge in [0.25, 0.3) is 0 Å². The molecule has 0 unspecified atom stereocenters. The first-order valence-electron chi connectivity index (χ1n) is 6.66. The molecule has 6 nitrogen and oxygen atoms in total. The maximum absolute atomic E-state index is 12.8. The van der Waals surface area contributed by atoms with E-state index in [1.807, 2.05) is 24.0 Å². The molecular formula is C13H23ClN4O2. The van der Waals surface area contributed by atoms with Crippen molar-refractivity contribution in [3.8, 4) is 0 Å². The number of amides is 1. The Morgan fingerprint density at radius 2 is 2.20 bits per heavy atom. The van der Waals surface area contributed by atoms with Crippen molar-refractivity contribution in [1.29, 1.82) is 0 Å². The molecular weight excluding hydrogens is 280 g/mol. The number of ether oxygens (including phenoxy) is 1. The van der Waals surface area contributed by atoms with E-state index >= 15 is 0 Å². The topological polar surface area (TPSA) is 59.4 Å². The monoisotopic (exact) mass is 302 g/mol. The number of methoxy groups -OCH3 is 1. The zero-order valence-electron chi connectivity index (χ0n) is 12.0. The third-order valence-electron chi connectivity index (χ3n) is 3.75. The highest BCUT2D eigenvalue weighted by Crippen LogP contribution is 2.28. The lowest BCUT2D eigenvalue weighted by Crippen LogP contribution is -2.55. The van der Waals surface area contributed by atoms with Crippen molar-refractivity contribution in [2.45, 2.75) is 18.4 Å². The van der Waals surface area contributed by atoms with E-state index in [9.17, 15) is 4.79 Å². The number of halogens is 1. The summed E-state index contributed by atoms with van der Waals surface area (Å²) in [7, 11) is 3.47. The molecule has 1 aliphatic heterocycles. The Morgan fingerprint density at radius 3 is 2.75 bits per heavy atom. The van der Waals surface area contributed by atoms with E-state index < -0.39 is 5.54 Å². The van der Waals surface area contributed by atoms with Crippen LogP contribution in [0.1, 0.15) is 12.8 Å². The van der Waals surface area contributed by atoms with Crippen LogP contribution in [0.3, 0.4) is 0 Å². The number of hydrogen-bond donors (Lipinski definition) is 1. The van der Waals surface area contributed by atoms with E-state index in [2.05, 4.69) is 10.4 Å². The second kappa shape index (κ2) is 7.61. The van der Waals surface area contributed by atoms with Crippen molar-refractivity contribution in [3.63, 3.8) is 0 Å². The van der Waals surface area contributed by atoms with E-state index in [4.69, 9.17) is 4.74 Å². The molecule has 114 valence electrons. The number of likely N-dealkylation sites (N-methyl/N-ethyl adjacent to an activating group) is 1. The fourth-order valence-electron chi connectivity index (χ4n) is 2.59. The molecule has 0 atom stereocenters. The van der Waals surface area contributed by atoms with E-state index in [1.54, 1.807) is 18.2 Å². The van der Waals surface area contributed by atoms with Crippen molar-refractivity contribution in [1.82, 2.24) is 20.0 Å². The Labute approximate surface area is 125 Å². The summed E-state index contributed by atoms with van der Waals surface area (Å²) >= 11 is 0. The number of carbonyl (C=O) groups excluding carboxylic acids is 1. The first-order valence-corrected chi connectivity index (χ1v) is 6.66. The summed E-state index contributed by atoms with van der Waals surface area (Å²) in [5.74, 6) is 0.120. The molecule has 1 saturated heterocycles. The van der Waals surface area contributed by atoms with Crippen molar-refractivity contribution in [2.24, 2.45) is 0 Å². The van der Waals surface area contributed by atoms with Gasteiger partial charge in [0.15, 0.2) is 0 Å². The smallest absolute Gasteiger partial charge is 0.250 e. The number of piperidine rings is 1. The largest absolute Gasteiger partial charge is 0.383 e. The molecule has 1 fully saturated rings. The molecule has 0 radical (unpaired) electrons. The molecule has 7 heteroatoms. The van der Waals surface area contributed by atoms with Crippen LogP contribution >= 0.6 is 12.4 Å². The summed E-state index contributed by atoms with van der Waals surface area (Å²) < 4.78 is 6.86. The standard InChI is InChI=1S/C13H22N4O2.ClH/c1-16(10-11-19-2)12(18)13(4-7-14-8-5-13)17-9-3-6-15-17;/h3,6,9,14H,4-5,7-8,10-11H2,1-2H3;1H. The molecule has 0 bridgehead atoms. The van der Waals surface area contributed by atoms with Gasteiger partial charge >= 0.3 is 0 Å². The molecule has 1 amide bonds. The van der Waals surface area contributed by atoms with Gasteiger partial charge in [0.1, 0.15) is 5.54 Å². The number of hydrogen-bond acceptors (Lipinski definition) is 4. The molecule has 2 rings (SSSR count). The minimum Gasteiger partial charge on any atom is -0.383 e. The number of nitrogens with one attached hydrogen (secondary N) is 1. The summed E-state index contributed by atoms with van der Waals surface area (Å²) in [6.07, 6.45) is 5.15. The summed E-state index contributed by atoms with van der Waals surface area (Å²) in [6.45, 7) is 2.83. The predicted octanol–water partition coefficient (Wildman–Crippen LogP) is 0.488. The van der Waals surface area contributed by atoms with Crippen LogP contribution in [0.25, 0.3) is 0 Å².